The highest BCUT2D eigenvalue weighted by Crippen LogP contribution is 2.24. The second-order valence-corrected chi connectivity index (χ2v) is 6.63. The lowest BCUT2D eigenvalue weighted by atomic mass is 9.84. The third kappa shape index (κ3) is 5.64. The Hall–Kier alpha value is -1.03. The normalized spacial score (nSPS) is 14.8. The van der Waals surface area contributed by atoms with Gasteiger partial charge in [0.2, 0.25) is 5.91 Å². The number of halogens is 2. The maximum absolute atomic E-state index is 12.4. The predicted molar refractivity (Wildman–Crippen MR) is 94.8 cm³/mol. The first-order valence-corrected chi connectivity index (χ1v) is 7.76. The molecular formula is C17H24Cl2N2O. The summed E-state index contributed by atoms with van der Waals surface area (Å²) in [7, 11) is 0. The van der Waals surface area contributed by atoms with E-state index < -0.39 is 5.41 Å². The van der Waals surface area contributed by atoms with Crippen LogP contribution in [0, 0.1) is 5.41 Å². The van der Waals surface area contributed by atoms with Gasteiger partial charge in [0.05, 0.1) is 0 Å². The van der Waals surface area contributed by atoms with Gasteiger partial charge in [0.15, 0.2) is 0 Å². The van der Waals surface area contributed by atoms with Crippen molar-refractivity contribution in [3.8, 4) is 0 Å². The van der Waals surface area contributed by atoms with Crippen LogP contribution in [0.15, 0.2) is 35.9 Å². The quantitative estimate of drug-likeness (QED) is 0.805. The second kappa shape index (κ2) is 8.56. The molecule has 0 unspecified atom stereocenters. The average Bonchev–Trinajstić information content (AvgIpc) is 2.45. The first kappa shape index (κ1) is 19.0. The minimum atomic E-state index is -0.446. The Bertz CT molecular complexity index is 541. The van der Waals surface area contributed by atoms with Crippen molar-refractivity contribution < 1.29 is 4.79 Å². The molecule has 0 aromatic heterocycles. The van der Waals surface area contributed by atoms with Crippen LogP contribution in [0.4, 0.5) is 0 Å². The van der Waals surface area contributed by atoms with E-state index in [1.54, 1.807) is 0 Å². The Morgan fingerprint density at radius 3 is 2.82 bits per heavy atom. The van der Waals surface area contributed by atoms with Gasteiger partial charge < -0.3 is 10.6 Å². The van der Waals surface area contributed by atoms with Crippen LogP contribution in [-0.2, 0) is 11.2 Å². The molecule has 2 N–H and O–H groups in total. The average molecular weight is 343 g/mol. The molecule has 1 aromatic rings. The van der Waals surface area contributed by atoms with Crippen molar-refractivity contribution in [3.05, 3.63) is 46.5 Å². The zero-order valence-corrected chi connectivity index (χ0v) is 14.7. The number of carbonyl (C=O) groups is 1. The number of benzene rings is 1. The van der Waals surface area contributed by atoms with Crippen molar-refractivity contribution in [2.45, 2.75) is 26.7 Å². The highest BCUT2D eigenvalue weighted by Gasteiger charge is 2.27. The molecule has 122 valence electrons. The minimum Gasteiger partial charge on any atom is -0.352 e. The van der Waals surface area contributed by atoms with Crippen molar-refractivity contribution >= 4 is 29.9 Å². The molecule has 1 heterocycles. The molecule has 1 aliphatic rings. The number of amides is 1. The Morgan fingerprint density at radius 2 is 2.18 bits per heavy atom. The van der Waals surface area contributed by atoms with E-state index >= 15 is 0 Å². The lowest BCUT2D eigenvalue weighted by molar-refractivity contribution is -0.129. The van der Waals surface area contributed by atoms with Crippen LogP contribution in [0.25, 0.3) is 0 Å². The Balaban J connectivity index is 0.00000242. The Kier molecular flexibility index (Phi) is 7.40. The van der Waals surface area contributed by atoms with Crippen LogP contribution in [-0.4, -0.2) is 25.5 Å². The smallest absolute Gasteiger partial charge is 0.226 e. The van der Waals surface area contributed by atoms with Crippen molar-refractivity contribution in [2.75, 3.05) is 19.6 Å². The van der Waals surface area contributed by atoms with E-state index in [1.165, 1.54) is 5.57 Å². The fraction of sp³-hybridized carbons (Fsp3) is 0.471. The van der Waals surface area contributed by atoms with Crippen LogP contribution in [0.1, 0.15) is 25.8 Å². The first-order chi connectivity index (χ1) is 9.97. The molecule has 1 amide bonds. The summed E-state index contributed by atoms with van der Waals surface area (Å²) >= 11 is 6.00. The van der Waals surface area contributed by atoms with E-state index in [0.717, 1.165) is 25.1 Å². The van der Waals surface area contributed by atoms with Crippen molar-refractivity contribution in [2.24, 2.45) is 5.41 Å². The van der Waals surface area contributed by atoms with Gasteiger partial charge in [-0.15, -0.1) is 12.4 Å². The summed E-state index contributed by atoms with van der Waals surface area (Å²) in [6.07, 6.45) is 3.85. The third-order valence-corrected chi connectivity index (χ3v) is 4.02. The summed E-state index contributed by atoms with van der Waals surface area (Å²) in [5.74, 6) is 0.0851. The van der Waals surface area contributed by atoms with Crippen molar-refractivity contribution in [1.82, 2.24) is 10.6 Å². The molecule has 1 aromatic carbocycles. The summed E-state index contributed by atoms with van der Waals surface area (Å²) < 4.78 is 0. The zero-order valence-electron chi connectivity index (χ0n) is 13.1. The summed E-state index contributed by atoms with van der Waals surface area (Å²) in [5, 5.41) is 7.04. The molecule has 2 rings (SSSR count). The minimum absolute atomic E-state index is 0. The molecule has 1 aliphatic heterocycles. The maximum Gasteiger partial charge on any atom is 0.226 e. The van der Waals surface area contributed by atoms with E-state index in [0.29, 0.717) is 18.0 Å². The van der Waals surface area contributed by atoms with E-state index in [9.17, 15) is 4.79 Å². The number of rotatable bonds is 5. The zero-order chi connectivity index (χ0) is 15.3. The van der Waals surface area contributed by atoms with Gasteiger partial charge >= 0.3 is 0 Å². The van der Waals surface area contributed by atoms with Gasteiger partial charge in [0, 0.05) is 23.5 Å². The predicted octanol–water partition coefficient (Wildman–Crippen LogP) is 3.37. The van der Waals surface area contributed by atoms with Crippen LogP contribution in [0.2, 0.25) is 5.02 Å². The molecule has 3 nitrogen and oxygen atoms in total. The first-order valence-electron chi connectivity index (χ1n) is 7.39. The van der Waals surface area contributed by atoms with E-state index in [1.807, 2.05) is 38.1 Å². The summed E-state index contributed by atoms with van der Waals surface area (Å²) in [6.45, 7) is 6.49. The van der Waals surface area contributed by atoms with E-state index in [-0.39, 0.29) is 18.3 Å². The lowest BCUT2D eigenvalue weighted by Crippen LogP contribution is -2.40. The SMILES string of the molecule is CC(C)(Cc1cccc(Cl)c1)C(=O)NCC1=CCNCC1.Cl. The maximum atomic E-state index is 12.4. The van der Waals surface area contributed by atoms with Gasteiger partial charge in [0.25, 0.3) is 0 Å². The largest absolute Gasteiger partial charge is 0.352 e. The highest BCUT2D eigenvalue weighted by molar-refractivity contribution is 6.30. The number of hydrogen-bond donors (Lipinski definition) is 2. The van der Waals surface area contributed by atoms with Crippen LogP contribution >= 0.6 is 24.0 Å². The van der Waals surface area contributed by atoms with Crippen molar-refractivity contribution in [1.29, 1.82) is 0 Å². The fourth-order valence-corrected chi connectivity index (χ4v) is 2.71. The molecule has 0 aliphatic carbocycles. The highest BCUT2D eigenvalue weighted by atomic mass is 35.5. The van der Waals surface area contributed by atoms with E-state index in [2.05, 4.69) is 16.7 Å². The summed E-state index contributed by atoms with van der Waals surface area (Å²) in [4.78, 5) is 12.4. The van der Waals surface area contributed by atoms with Gasteiger partial charge in [0.1, 0.15) is 0 Å². The summed E-state index contributed by atoms with van der Waals surface area (Å²) in [5.41, 5.74) is 1.95. The van der Waals surface area contributed by atoms with Crippen LogP contribution < -0.4 is 10.6 Å². The molecule has 0 spiro atoms. The molecule has 0 saturated heterocycles. The molecule has 0 bridgehead atoms. The lowest BCUT2D eigenvalue weighted by Gasteiger charge is -2.25. The molecule has 0 radical (unpaired) electrons. The van der Waals surface area contributed by atoms with Gasteiger partial charge in [-0.25, -0.2) is 0 Å². The molecule has 22 heavy (non-hydrogen) atoms. The molecule has 0 saturated carbocycles. The van der Waals surface area contributed by atoms with E-state index in [4.69, 9.17) is 11.6 Å². The molecule has 5 heteroatoms. The second-order valence-electron chi connectivity index (χ2n) is 6.19. The number of hydrogen-bond acceptors (Lipinski definition) is 2. The van der Waals surface area contributed by atoms with Crippen LogP contribution in [0.5, 0.6) is 0 Å². The third-order valence-electron chi connectivity index (χ3n) is 3.78. The van der Waals surface area contributed by atoms with Gasteiger partial charge in [-0.1, -0.05) is 49.2 Å². The Morgan fingerprint density at radius 1 is 1.41 bits per heavy atom. The fourth-order valence-electron chi connectivity index (χ4n) is 2.50. The topological polar surface area (TPSA) is 41.1 Å². The molecule has 0 atom stereocenters. The van der Waals surface area contributed by atoms with Gasteiger partial charge in [-0.2, -0.15) is 0 Å². The van der Waals surface area contributed by atoms with Gasteiger partial charge in [-0.3, -0.25) is 4.79 Å². The van der Waals surface area contributed by atoms with Gasteiger partial charge in [-0.05, 0) is 37.1 Å². The molecule has 0 fully saturated rings. The van der Waals surface area contributed by atoms with Crippen molar-refractivity contribution in [3.63, 3.8) is 0 Å². The standard InChI is InChI=1S/C17H23ClN2O.ClH/c1-17(2,11-14-4-3-5-15(18)10-14)16(21)20-12-13-6-8-19-9-7-13;/h3-6,10,19H,7-9,11-12H2,1-2H3,(H,20,21);1H. The number of carbonyl (C=O) groups excluding carboxylic acids is 1. The Labute approximate surface area is 143 Å². The number of nitrogens with one attached hydrogen (secondary N) is 2. The monoisotopic (exact) mass is 342 g/mol. The summed E-state index contributed by atoms with van der Waals surface area (Å²) in [6, 6.07) is 7.70. The van der Waals surface area contributed by atoms with Crippen LogP contribution in [0.3, 0.4) is 0 Å². The molecular weight excluding hydrogens is 319 g/mol.